The zero-order chi connectivity index (χ0) is 34.2. The molecule has 0 bridgehead atoms. The van der Waals surface area contributed by atoms with Gasteiger partial charge in [-0.25, -0.2) is 19.0 Å². The lowest BCUT2D eigenvalue weighted by Crippen LogP contribution is -2.41. The zero-order valence-corrected chi connectivity index (χ0v) is 31.3. The molecule has 2 saturated heterocycles. The van der Waals surface area contributed by atoms with Gasteiger partial charge in [-0.1, -0.05) is 44.1 Å². The van der Waals surface area contributed by atoms with E-state index in [1.165, 1.54) is 11.8 Å². The van der Waals surface area contributed by atoms with E-state index < -0.39 is 20.2 Å². The minimum atomic E-state index is -1.95. The van der Waals surface area contributed by atoms with E-state index in [0.29, 0.717) is 72.7 Å². The van der Waals surface area contributed by atoms with E-state index in [1.807, 2.05) is 21.9 Å². The Morgan fingerprint density at radius 1 is 1.17 bits per heavy atom. The number of thioether (sulfide) groups is 1. The highest BCUT2D eigenvalue weighted by molar-refractivity contribution is 7.98. The van der Waals surface area contributed by atoms with Crippen LogP contribution in [0.25, 0.3) is 33.1 Å². The largest absolute Gasteiger partial charge is 0.417 e. The molecular weight excluding hydrogens is 671 g/mol. The molecule has 5 heterocycles. The van der Waals surface area contributed by atoms with Gasteiger partial charge in [-0.05, 0) is 68.1 Å². The summed E-state index contributed by atoms with van der Waals surface area (Å²) < 4.78 is 37.1. The van der Waals surface area contributed by atoms with Crippen LogP contribution in [-0.2, 0) is 20.3 Å². The van der Waals surface area contributed by atoms with Crippen LogP contribution in [-0.4, -0.2) is 90.0 Å². The van der Waals surface area contributed by atoms with Crippen LogP contribution in [0.4, 0.5) is 10.2 Å². The molecule has 2 aliphatic rings. The Balaban J connectivity index is 1.47. The van der Waals surface area contributed by atoms with Crippen molar-refractivity contribution < 1.29 is 23.4 Å². The Morgan fingerprint density at radius 2 is 1.98 bits per heavy atom. The Kier molecular flexibility index (Phi) is 10.7. The number of hydrogen-bond donors (Lipinski definition) is 1. The van der Waals surface area contributed by atoms with E-state index in [-0.39, 0.29) is 29.1 Å². The molecule has 4 aromatic rings. The molecule has 0 spiro atoms. The van der Waals surface area contributed by atoms with Crippen LogP contribution in [0.1, 0.15) is 58.2 Å². The number of hydrogen-bond acceptors (Lipinski definition) is 10. The minimum absolute atomic E-state index is 0.0947. The molecule has 1 N–H and O–H groups in total. The Hall–Kier alpha value is -2.39. The van der Waals surface area contributed by atoms with Crippen molar-refractivity contribution in [2.75, 3.05) is 50.7 Å². The number of rotatable bonds is 9. The summed E-state index contributed by atoms with van der Waals surface area (Å²) in [5, 5.41) is 17.5. The summed E-state index contributed by atoms with van der Waals surface area (Å²) in [7, 11) is -1.95. The summed E-state index contributed by atoms with van der Waals surface area (Å²) in [6.07, 6.45) is 8.53. The highest BCUT2D eigenvalue weighted by atomic mass is 35.5. The van der Waals surface area contributed by atoms with Crippen LogP contribution >= 0.6 is 23.4 Å². The first-order chi connectivity index (χ1) is 22.9. The maximum Gasteiger partial charge on any atom is 0.191 e. The van der Waals surface area contributed by atoms with E-state index in [1.54, 1.807) is 12.4 Å². The molecule has 1 unspecified atom stereocenters. The van der Waals surface area contributed by atoms with Gasteiger partial charge in [0.15, 0.2) is 25.5 Å². The number of benzene rings is 1. The molecule has 48 heavy (non-hydrogen) atoms. The summed E-state index contributed by atoms with van der Waals surface area (Å²) in [5.41, 5.74) is 2.50. The summed E-state index contributed by atoms with van der Waals surface area (Å²) >= 11 is 8.44. The molecule has 3 aromatic heterocycles. The van der Waals surface area contributed by atoms with Crippen molar-refractivity contribution in [2.45, 2.75) is 88.5 Å². The van der Waals surface area contributed by atoms with Crippen LogP contribution < -0.4 is 4.90 Å². The van der Waals surface area contributed by atoms with Crippen LogP contribution in [0.3, 0.4) is 0 Å². The van der Waals surface area contributed by atoms with Crippen molar-refractivity contribution >= 4 is 59.3 Å². The summed E-state index contributed by atoms with van der Waals surface area (Å²) in [6, 6.07) is 1.92. The molecule has 10 nitrogen and oxygen atoms in total. The Labute approximate surface area is 291 Å². The smallest absolute Gasteiger partial charge is 0.191 e. The van der Waals surface area contributed by atoms with Crippen molar-refractivity contribution in [1.82, 2.24) is 24.7 Å². The van der Waals surface area contributed by atoms with E-state index in [9.17, 15) is 5.11 Å². The standard InChI is InChI=1S/C34H46ClFN6O4SSi/c1-34(2,3)48(5,6)46-14-9-10-22-25(35)16-26-23(18-38-42(26)27-11-7-8-13-45-27)28(22)31-29(36)30-24(17-37-31)32(40-33(39-30)47-4)41-12-15-44-20-21(43)19-41/h16-18,21,27,43H,7-15,19-20H2,1-6H3/t21-,27?/m0/s1. The van der Waals surface area contributed by atoms with Gasteiger partial charge in [0.25, 0.3) is 0 Å². The molecule has 2 aliphatic heterocycles. The molecule has 0 aliphatic carbocycles. The zero-order valence-electron chi connectivity index (χ0n) is 28.7. The monoisotopic (exact) mass is 716 g/mol. The van der Waals surface area contributed by atoms with Gasteiger partial charge in [-0.3, -0.25) is 4.98 Å². The van der Waals surface area contributed by atoms with Crippen LogP contribution in [0.2, 0.25) is 23.2 Å². The van der Waals surface area contributed by atoms with Crippen molar-refractivity contribution in [3.63, 3.8) is 0 Å². The van der Waals surface area contributed by atoms with E-state index in [4.69, 9.17) is 40.6 Å². The second-order valence-corrected chi connectivity index (χ2v) is 20.1. The molecule has 0 saturated carbocycles. The van der Waals surface area contributed by atoms with Crippen LogP contribution in [0, 0.1) is 5.82 Å². The quantitative estimate of drug-likeness (QED) is 0.0815. The number of aliphatic hydroxyl groups is 1. The van der Waals surface area contributed by atoms with Gasteiger partial charge < -0.3 is 23.9 Å². The topological polar surface area (TPSA) is 108 Å². The number of aliphatic hydroxyl groups excluding tert-OH is 1. The third-order valence-electron chi connectivity index (χ3n) is 9.83. The lowest BCUT2D eigenvalue weighted by Gasteiger charge is -2.36. The summed E-state index contributed by atoms with van der Waals surface area (Å²) in [4.78, 5) is 16.1. The van der Waals surface area contributed by atoms with Gasteiger partial charge in [0.05, 0.1) is 36.4 Å². The molecule has 2 fully saturated rings. The normalized spacial score (nSPS) is 19.7. The van der Waals surface area contributed by atoms with Gasteiger partial charge in [0.1, 0.15) is 17.0 Å². The number of β-amino-alcohol motifs (C(OH)–C–C–N with tert-alkyl or cyclic N) is 1. The first kappa shape index (κ1) is 35.4. The Bertz CT molecular complexity index is 1780. The third kappa shape index (κ3) is 7.10. The fourth-order valence-corrected chi connectivity index (χ4v) is 7.90. The van der Waals surface area contributed by atoms with E-state index in [0.717, 1.165) is 35.7 Å². The van der Waals surface area contributed by atoms with E-state index in [2.05, 4.69) is 38.8 Å². The summed E-state index contributed by atoms with van der Waals surface area (Å²) in [6.45, 7) is 13.9. The van der Waals surface area contributed by atoms with Gasteiger partial charge >= 0.3 is 0 Å². The molecule has 6 rings (SSSR count). The number of nitrogens with zero attached hydrogens (tertiary/aromatic N) is 6. The van der Waals surface area contributed by atoms with Gasteiger partial charge in [-0.15, -0.1) is 0 Å². The number of halogens is 2. The Morgan fingerprint density at radius 3 is 2.71 bits per heavy atom. The first-order valence-electron chi connectivity index (χ1n) is 16.7. The average molecular weight is 717 g/mol. The summed E-state index contributed by atoms with van der Waals surface area (Å²) in [5.74, 6) is -0.0320. The molecule has 2 atom stereocenters. The number of anilines is 1. The second-order valence-electron chi connectivity index (χ2n) is 14.2. The predicted octanol–water partition coefficient (Wildman–Crippen LogP) is 7.41. The SMILES string of the molecule is CSc1nc(N2CCOC[C@@H](O)C2)c2cnc(-c3c(CCCO[Si](C)(C)C(C)(C)C)c(Cl)cc4c3cnn4C3CCCCO3)c(F)c2n1. The van der Waals surface area contributed by atoms with Gasteiger partial charge in [0, 0.05) is 48.5 Å². The fraction of sp³-hybridized carbons (Fsp3) is 0.588. The molecule has 260 valence electrons. The van der Waals surface area contributed by atoms with Crippen molar-refractivity contribution in [3.8, 4) is 11.3 Å². The molecular formula is C34H46ClFN6O4SSi. The number of aromatic nitrogens is 5. The van der Waals surface area contributed by atoms with Gasteiger partial charge in [-0.2, -0.15) is 5.10 Å². The number of fused-ring (bicyclic) bond motifs is 2. The van der Waals surface area contributed by atoms with E-state index >= 15 is 4.39 Å². The van der Waals surface area contributed by atoms with Crippen molar-refractivity contribution in [2.24, 2.45) is 0 Å². The lowest BCUT2D eigenvalue weighted by atomic mass is 9.95. The number of pyridine rings is 1. The van der Waals surface area contributed by atoms with Gasteiger partial charge in [0.2, 0.25) is 0 Å². The molecule has 14 heteroatoms. The average Bonchev–Trinajstić information content (AvgIpc) is 3.35. The highest BCUT2D eigenvalue weighted by Crippen LogP contribution is 2.42. The highest BCUT2D eigenvalue weighted by Gasteiger charge is 2.37. The second kappa shape index (κ2) is 14.5. The predicted molar refractivity (Wildman–Crippen MR) is 192 cm³/mol. The molecule has 1 aromatic carbocycles. The van der Waals surface area contributed by atoms with Crippen molar-refractivity contribution in [1.29, 1.82) is 0 Å². The van der Waals surface area contributed by atoms with Crippen molar-refractivity contribution in [3.05, 3.63) is 34.9 Å². The van der Waals surface area contributed by atoms with Crippen LogP contribution in [0.5, 0.6) is 0 Å². The molecule has 0 amide bonds. The lowest BCUT2D eigenvalue weighted by molar-refractivity contribution is -0.0366. The minimum Gasteiger partial charge on any atom is -0.417 e. The maximum atomic E-state index is 17.1. The number of ether oxygens (including phenoxy) is 2. The molecule has 0 radical (unpaired) electrons. The van der Waals surface area contributed by atoms with Crippen LogP contribution in [0.15, 0.2) is 23.6 Å². The first-order valence-corrected chi connectivity index (χ1v) is 21.3. The third-order valence-corrected chi connectivity index (χ3v) is 15.3. The maximum absolute atomic E-state index is 17.1. The fourth-order valence-electron chi connectivity index (χ4n) is 6.16.